The van der Waals surface area contributed by atoms with Crippen molar-refractivity contribution in [2.24, 2.45) is 0 Å². The van der Waals surface area contributed by atoms with E-state index >= 15 is 0 Å². The van der Waals surface area contributed by atoms with Gasteiger partial charge in [-0.15, -0.1) is 0 Å². The molecule has 1 N–H and O–H groups in total. The van der Waals surface area contributed by atoms with Crippen molar-refractivity contribution >= 4 is 0 Å². The van der Waals surface area contributed by atoms with Gasteiger partial charge in [-0.2, -0.15) is 13.2 Å². The van der Waals surface area contributed by atoms with Crippen molar-refractivity contribution < 1.29 is 13.2 Å². The number of rotatable bonds is 6. The molecular weight excluding hydrogens is 255 g/mol. The smallest absolute Gasteiger partial charge is 0.333 e. The van der Waals surface area contributed by atoms with Crippen LogP contribution < -0.4 is 5.32 Å². The molecule has 0 aliphatic carbocycles. The van der Waals surface area contributed by atoms with E-state index in [1.54, 1.807) is 12.5 Å². The third-order valence-corrected chi connectivity index (χ3v) is 2.71. The zero-order valence-electron chi connectivity index (χ0n) is 11.7. The Kier molecular flexibility index (Phi) is 5.40. The summed E-state index contributed by atoms with van der Waals surface area (Å²) in [4.78, 5) is 4.05. The van der Waals surface area contributed by atoms with Gasteiger partial charge in [0.15, 0.2) is 0 Å². The van der Waals surface area contributed by atoms with Crippen molar-refractivity contribution in [2.75, 3.05) is 0 Å². The van der Waals surface area contributed by atoms with E-state index in [-0.39, 0.29) is 12.0 Å². The number of aryl methyl sites for hydroxylation is 1. The summed E-state index contributed by atoms with van der Waals surface area (Å²) in [6.45, 7) is 7.45. The van der Waals surface area contributed by atoms with Gasteiger partial charge in [-0.05, 0) is 33.6 Å². The van der Waals surface area contributed by atoms with Crippen LogP contribution in [0.4, 0.5) is 13.2 Å². The Morgan fingerprint density at radius 2 is 1.89 bits per heavy atom. The molecule has 0 saturated heterocycles. The molecular formula is C13H22F3N3. The minimum Gasteiger partial charge on any atom is -0.333 e. The predicted octanol–water partition coefficient (Wildman–Crippen LogP) is 3.50. The number of alkyl halides is 3. The van der Waals surface area contributed by atoms with Crippen LogP contribution >= 0.6 is 0 Å². The van der Waals surface area contributed by atoms with Gasteiger partial charge in [-0.1, -0.05) is 0 Å². The van der Waals surface area contributed by atoms with Gasteiger partial charge in [-0.3, -0.25) is 0 Å². The van der Waals surface area contributed by atoms with Crippen LogP contribution in [0.15, 0.2) is 12.5 Å². The second kappa shape index (κ2) is 6.41. The second-order valence-corrected chi connectivity index (χ2v) is 5.75. The van der Waals surface area contributed by atoms with Crippen LogP contribution in [-0.4, -0.2) is 21.3 Å². The van der Waals surface area contributed by atoms with Crippen LogP contribution in [0, 0.1) is 0 Å². The molecule has 1 aromatic heterocycles. The minimum absolute atomic E-state index is 0.00534. The van der Waals surface area contributed by atoms with Crippen molar-refractivity contribution in [1.82, 2.24) is 14.9 Å². The lowest BCUT2D eigenvalue weighted by Crippen LogP contribution is -2.35. The molecule has 19 heavy (non-hydrogen) atoms. The van der Waals surface area contributed by atoms with Gasteiger partial charge in [-0.25, -0.2) is 4.98 Å². The summed E-state index contributed by atoms with van der Waals surface area (Å²) in [6, 6.07) is 0. The maximum Gasteiger partial charge on any atom is 0.389 e. The molecule has 1 aromatic rings. The molecule has 0 aliphatic heterocycles. The molecule has 0 atom stereocenters. The van der Waals surface area contributed by atoms with Crippen molar-refractivity contribution in [3.8, 4) is 0 Å². The number of halogens is 3. The zero-order valence-corrected chi connectivity index (χ0v) is 11.7. The fourth-order valence-electron chi connectivity index (χ4n) is 1.66. The third-order valence-electron chi connectivity index (χ3n) is 2.71. The number of hydrogen-bond acceptors (Lipinski definition) is 2. The van der Waals surface area contributed by atoms with Crippen LogP contribution in [-0.2, 0) is 13.1 Å². The Hall–Kier alpha value is -1.04. The molecule has 0 saturated carbocycles. The van der Waals surface area contributed by atoms with Gasteiger partial charge in [0.05, 0.1) is 12.0 Å². The first kappa shape index (κ1) is 16.0. The Morgan fingerprint density at radius 1 is 1.21 bits per heavy atom. The van der Waals surface area contributed by atoms with Crippen molar-refractivity contribution in [3.63, 3.8) is 0 Å². The van der Waals surface area contributed by atoms with Crippen LogP contribution in [0.3, 0.4) is 0 Å². The highest BCUT2D eigenvalue weighted by molar-refractivity contribution is 4.98. The molecule has 0 amide bonds. The molecule has 0 unspecified atom stereocenters. The maximum absolute atomic E-state index is 12.0. The van der Waals surface area contributed by atoms with Crippen molar-refractivity contribution in [1.29, 1.82) is 0 Å². The van der Waals surface area contributed by atoms with Crippen LogP contribution in [0.2, 0.25) is 0 Å². The van der Waals surface area contributed by atoms with E-state index < -0.39 is 12.6 Å². The standard InChI is InChI=1S/C13H22F3N3/c1-12(2,3)18-9-11-8-17-10-19(11)7-5-4-6-13(14,15)16/h8,10,18H,4-7,9H2,1-3H3. The lowest BCUT2D eigenvalue weighted by molar-refractivity contribution is -0.135. The van der Waals surface area contributed by atoms with Gasteiger partial charge < -0.3 is 9.88 Å². The number of nitrogens with one attached hydrogen (secondary N) is 1. The Labute approximate surface area is 112 Å². The molecule has 3 nitrogen and oxygen atoms in total. The number of nitrogens with zero attached hydrogens (tertiary/aromatic N) is 2. The van der Waals surface area contributed by atoms with E-state index in [0.717, 1.165) is 5.69 Å². The van der Waals surface area contributed by atoms with Gasteiger partial charge in [0.25, 0.3) is 0 Å². The summed E-state index contributed by atoms with van der Waals surface area (Å²) < 4.78 is 38.0. The average Bonchev–Trinajstić information content (AvgIpc) is 2.66. The van der Waals surface area contributed by atoms with E-state index in [0.29, 0.717) is 19.5 Å². The van der Waals surface area contributed by atoms with Crippen LogP contribution in [0.5, 0.6) is 0 Å². The first-order valence-corrected chi connectivity index (χ1v) is 6.48. The lowest BCUT2D eigenvalue weighted by Gasteiger charge is -2.21. The average molecular weight is 277 g/mol. The highest BCUT2D eigenvalue weighted by Crippen LogP contribution is 2.22. The quantitative estimate of drug-likeness (QED) is 0.806. The maximum atomic E-state index is 12.0. The summed E-state index contributed by atoms with van der Waals surface area (Å²) in [5.41, 5.74) is 1.01. The van der Waals surface area contributed by atoms with Crippen LogP contribution in [0.25, 0.3) is 0 Å². The normalized spacial score (nSPS) is 12.9. The lowest BCUT2D eigenvalue weighted by atomic mass is 10.1. The minimum atomic E-state index is -4.05. The molecule has 0 aliphatic rings. The molecule has 0 spiro atoms. The predicted molar refractivity (Wildman–Crippen MR) is 68.7 cm³/mol. The topological polar surface area (TPSA) is 29.9 Å². The second-order valence-electron chi connectivity index (χ2n) is 5.75. The molecule has 0 bridgehead atoms. The zero-order chi connectivity index (χ0) is 14.5. The van der Waals surface area contributed by atoms with Gasteiger partial charge in [0.1, 0.15) is 0 Å². The number of hydrogen-bond donors (Lipinski definition) is 1. The first-order chi connectivity index (χ1) is 8.67. The highest BCUT2D eigenvalue weighted by Gasteiger charge is 2.25. The molecule has 0 aromatic carbocycles. The Bertz CT molecular complexity index is 377. The number of unbranched alkanes of at least 4 members (excludes halogenated alkanes) is 1. The van der Waals surface area contributed by atoms with Gasteiger partial charge >= 0.3 is 6.18 Å². The fourth-order valence-corrected chi connectivity index (χ4v) is 1.66. The van der Waals surface area contributed by atoms with E-state index in [1.165, 1.54) is 0 Å². The number of imidazole rings is 1. The summed E-state index contributed by atoms with van der Waals surface area (Å²) in [7, 11) is 0. The molecule has 6 heteroatoms. The van der Waals surface area contributed by atoms with Gasteiger partial charge in [0, 0.05) is 31.2 Å². The van der Waals surface area contributed by atoms with E-state index in [4.69, 9.17) is 0 Å². The summed E-state index contributed by atoms with van der Waals surface area (Å²) in [5, 5.41) is 3.34. The molecule has 1 rings (SSSR count). The summed E-state index contributed by atoms with van der Waals surface area (Å²) in [6.07, 6.45) is -0.662. The third kappa shape index (κ3) is 7.20. The van der Waals surface area contributed by atoms with Gasteiger partial charge in [0.2, 0.25) is 0 Å². The highest BCUT2D eigenvalue weighted by atomic mass is 19.4. The largest absolute Gasteiger partial charge is 0.389 e. The van der Waals surface area contributed by atoms with E-state index in [1.807, 2.05) is 4.57 Å². The number of aromatic nitrogens is 2. The van der Waals surface area contributed by atoms with E-state index in [9.17, 15) is 13.2 Å². The van der Waals surface area contributed by atoms with Crippen molar-refractivity contribution in [3.05, 3.63) is 18.2 Å². The summed E-state index contributed by atoms with van der Waals surface area (Å²) in [5.74, 6) is 0. The van der Waals surface area contributed by atoms with Crippen molar-refractivity contribution in [2.45, 2.75) is 64.8 Å². The van der Waals surface area contributed by atoms with E-state index in [2.05, 4.69) is 31.1 Å². The molecule has 110 valence electrons. The molecule has 0 radical (unpaired) electrons. The fraction of sp³-hybridized carbons (Fsp3) is 0.769. The Morgan fingerprint density at radius 3 is 2.47 bits per heavy atom. The SMILES string of the molecule is CC(C)(C)NCc1cncn1CCCCC(F)(F)F. The molecule has 0 fully saturated rings. The first-order valence-electron chi connectivity index (χ1n) is 6.48. The molecule has 1 heterocycles. The summed E-state index contributed by atoms with van der Waals surface area (Å²) >= 11 is 0. The van der Waals surface area contributed by atoms with Crippen LogP contribution in [0.1, 0.15) is 45.7 Å². The Balaban J connectivity index is 2.37. The monoisotopic (exact) mass is 277 g/mol.